The van der Waals surface area contributed by atoms with Gasteiger partial charge in [-0.2, -0.15) is 13.7 Å². The maximum absolute atomic E-state index is 13.6. The average Bonchev–Trinajstić information content (AvgIpc) is 2.93. The number of carbonyl (C=O) groups excluding carboxylic acids is 1. The molecule has 4 rings (SSSR count). The first-order valence-corrected chi connectivity index (χ1v) is 13.5. The van der Waals surface area contributed by atoms with Crippen molar-refractivity contribution in [2.45, 2.75) is 11.4 Å². The first-order valence-electron chi connectivity index (χ1n) is 11.3. The summed E-state index contributed by atoms with van der Waals surface area (Å²) < 4.78 is 28.0. The highest BCUT2D eigenvalue weighted by molar-refractivity contribution is 7.92. The molecule has 0 atom stereocenters. The zero-order valence-corrected chi connectivity index (χ0v) is 22.4. The standard InChI is InChI=1S/C28H21Cl2N3O4S/c1-32(19-21-9-7-20(18-31)8-10-21)28(34)22-11-14-25(15-12-22)38(35,36)33(24-5-3-2-4-6-24)37-27-16-13-23(29)17-26(27)30/h2-17H,19H2,1H3. The minimum absolute atomic E-state index is 0.0854. The van der Waals surface area contributed by atoms with Crippen LogP contribution in [0.1, 0.15) is 21.5 Å². The van der Waals surface area contributed by atoms with Crippen LogP contribution in [0.3, 0.4) is 0 Å². The number of rotatable bonds is 8. The minimum Gasteiger partial charge on any atom is -0.363 e. The Hall–Kier alpha value is -4.03. The van der Waals surface area contributed by atoms with Gasteiger partial charge in [-0.3, -0.25) is 4.79 Å². The fourth-order valence-electron chi connectivity index (χ4n) is 3.54. The summed E-state index contributed by atoms with van der Waals surface area (Å²) in [5, 5.41) is 9.46. The molecule has 0 aromatic heterocycles. The van der Waals surface area contributed by atoms with E-state index in [1.54, 1.807) is 61.6 Å². The molecule has 0 radical (unpaired) electrons. The molecule has 10 heteroatoms. The number of para-hydroxylation sites is 1. The molecule has 0 N–H and O–H groups in total. The second kappa shape index (κ2) is 11.6. The average molecular weight is 566 g/mol. The van der Waals surface area contributed by atoms with Crippen molar-refractivity contribution in [3.8, 4) is 11.8 Å². The second-order valence-electron chi connectivity index (χ2n) is 8.23. The van der Waals surface area contributed by atoms with Crippen LogP contribution >= 0.6 is 23.2 Å². The van der Waals surface area contributed by atoms with Crippen LogP contribution in [0.2, 0.25) is 10.0 Å². The van der Waals surface area contributed by atoms with Crippen molar-refractivity contribution in [1.82, 2.24) is 4.90 Å². The molecule has 0 saturated carbocycles. The highest BCUT2D eigenvalue weighted by atomic mass is 35.5. The highest BCUT2D eigenvalue weighted by Crippen LogP contribution is 2.32. The third-order valence-electron chi connectivity index (χ3n) is 5.51. The molecule has 0 fully saturated rings. The summed E-state index contributed by atoms with van der Waals surface area (Å²) in [7, 11) is -2.58. The molecule has 0 bridgehead atoms. The van der Waals surface area contributed by atoms with Crippen molar-refractivity contribution in [3.63, 3.8) is 0 Å². The first-order chi connectivity index (χ1) is 18.2. The maximum atomic E-state index is 13.6. The van der Waals surface area contributed by atoms with Crippen molar-refractivity contribution in [2.24, 2.45) is 0 Å². The summed E-state index contributed by atoms with van der Waals surface area (Å²) in [6.45, 7) is 0.321. The van der Waals surface area contributed by atoms with Crippen LogP contribution in [0.15, 0.2) is 102 Å². The summed E-state index contributed by atoms with van der Waals surface area (Å²) in [5.41, 5.74) is 1.95. The number of amides is 1. The lowest BCUT2D eigenvalue weighted by atomic mass is 10.1. The van der Waals surface area contributed by atoms with Crippen molar-refractivity contribution in [3.05, 3.63) is 124 Å². The van der Waals surface area contributed by atoms with Crippen LogP contribution < -0.4 is 9.31 Å². The lowest BCUT2D eigenvalue weighted by Crippen LogP contribution is -2.34. The molecule has 0 aliphatic rings. The van der Waals surface area contributed by atoms with E-state index in [-0.39, 0.29) is 27.3 Å². The van der Waals surface area contributed by atoms with Gasteiger partial charge in [-0.15, -0.1) is 0 Å². The summed E-state index contributed by atoms with van der Waals surface area (Å²) in [6.07, 6.45) is 0. The fourth-order valence-corrected chi connectivity index (χ4v) is 5.24. The van der Waals surface area contributed by atoms with E-state index in [4.69, 9.17) is 33.3 Å². The Kier molecular flexibility index (Phi) is 8.23. The molecule has 0 heterocycles. The van der Waals surface area contributed by atoms with Crippen LogP contribution in [-0.4, -0.2) is 26.3 Å². The Bertz CT molecular complexity index is 1590. The van der Waals surface area contributed by atoms with Crippen LogP contribution in [-0.2, 0) is 16.6 Å². The van der Waals surface area contributed by atoms with Gasteiger partial charge in [0.15, 0.2) is 5.75 Å². The third-order valence-corrected chi connectivity index (χ3v) is 7.63. The predicted molar refractivity (Wildman–Crippen MR) is 147 cm³/mol. The van der Waals surface area contributed by atoms with E-state index < -0.39 is 10.0 Å². The van der Waals surface area contributed by atoms with E-state index >= 15 is 0 Å². The summed E-state index contributed by atoms with van der Waals surface area (Å²) in [6, 6.07) is 27.3. The molecule has 192 valence electrons. The van der Waals surface area contributed by atoms with Gasteiger partial charge in [0.25, 0.3) is 15.9 Å². The Balaban J connectivity index is 1.58. The van der Waals surface area contributed by atoms with Crippen LogP contribution in [0.4, 0.5) is 5.69 Å². The van der Waals surface area contributed by atoms with E-state index in [9.17, 15) is 13.2 Å². The Labute approximate surface area is 231 Å². The lowest BCUT2D eigenvalue weighted by Gasteiger charge is -2.24. The third kappa shape index (κ3) is 6.09. The maximum Gasteiger partial charge on any atom is 0.295 e. The zero-order valence-electron chi connectivity index (χ0n) is 20.1. The SMILES string of the molecule is CN(Cc1ccc(C#N)cc1)C(=O)c1ccc(S(=O)(=O)N(Oc2ccc(Cl)cc2Cl)c2ccccc2)cc1. The van der Waals surface area contributed by atoms with Gasteiger partial charge < -0.3 is 9.74 Å². The molecular weight excluding hydrogens is 545 g/mol. The highest BCUT2D eigenvalue weighted by Gasteiger charge is 2.28. The van der Waals surface area contributed by atoms with E-state index in [0.29, 0.717) is 22.7 Å². The van der Waals surface area contributed by atoms with Gasteiger partial charge >= 0.3 is 0 Å². The number of sulfonamides is 1. The van der Waals surface area contributed by atoms with Gasteiger partial charge in [-0.05, 0) is 72.3 Å². The van der Waals surface area contributed by atoms with Crippen LogP contribution in [0, 0.1) is 11.3 Å². The zero-order chi connectivity index (χ0) is 27.3. The van der Waals surface area contributed by atoms with Crippen LogP contribution in [0.25, 0.3) is 0 Å². The van der Waals surface area contributed by atoms with E-state index in [1.165, 1.54) is 47.4 Å². The van der Waals surface area contributed by atoms with E-state index in [1.807, 2.05) is 0 Å². The lowest BCUT2D eigenvalue weighted by molar-refractivity contribution is 0.0785. The van der Waals surface area contributed by atoms with E-state index in [0.717, 1.165) is 10.0 Å². The second-order valence-corrected chi connectivity index (χ2v) is 10.8. The minimum atomic E-state index is -4.23. The molecule has 38 heavy (non-hydrogen) atoms. The number of anilines is 1. The number of nitrogens with zero attached hydrogens (tertiary/aromatic N) is 3. The Morgan fingerprint density at radius 3 is 2.18 bits per heavy atom. The van der Waals surface area contributed by atoms with Gasteiger partial charge in [-0.25, -0.2) is 0 Å². The first kappa shape index (κ1) is 27.0. The number of carbonyl (C=O) groups is 1. The van der Waals surface area contributed by atoms with Gasteiger partial charge in [0, 0.05) is 24.2 Å². The smallest absolute Gasteiger partial charge is 0.295 e. The molecule has 0 aliphatic heterocycles. The van der Waals surface area contributed by atoms with Gasteiger partial charge in [0.2, 0.25) is 0 Å². The van der Waals surface area contributed by atoms with Crippen molar-refractivity contribution < 1.29 is 18.0 Å². The Morgan fingerprint density at radius 2 is 1.58 bits per heavy atom. The van der Waals surface area contributed by atoms with Gasteiger partial charge in [-0.1, -0.05) is 58.0 Å². The molecule has 0 aliphatic carbocycles. The molecule has 7 nitrogen and oxygen atoms in total. The van der Waals surface area contributed by atoms with Gasteiger partial charge in [0.1, 0.15) is 0 Å². The van der Waals surface area contributed by atoms with Crippen molar-refractivity contribution in [1.29, 1.82) is 5.26 Å². The summed E-state index contributed by atoms with van der Waals surface area (Å²) in [4.78, 5) is 20.1. The van der Waals surface area contributed by atoms with Crippen LogP contribution in [0.5, 0.6) is 5.75 Å². The number of benzene rings is 4. The molecule has 0 saturated heterocycles. The monoisotopic (exact) mass is 565 g/mol. The van der Waals surface area contributed by atoms with Gasteiger partial charge in [0.05, 0.1) is 27.2 Å². The van der Waals surface area contributed by atoms with Crippen molar-refractivity contribution >= 4 is 44.8 Å². The van der Waals surface area contributed by atoms with E-state index in [2.05, 4.69) is 6.07 Å². The summed E-state index contributed by atoms with van der Waals surface area (Å²) in [5.74, 6) is -0.192. The fraction of sp³-hybridized carbons (Fsp3) is 0.0714. The normalized spacial score (nSPS) is 10.9. The quantitative estimate of drug-likeness (QED) is 0.233. The predicted octanol–water partition coefficient (Wildman–Crippen LogP) is 6.33. The summed E-state index contributed by atoms with van der Waals surface area (Å²) >= 11 is 12.2. The number of halogens is 2. The number of hydrogen-bond donors (Lipinski definition) is 0. The molecule has 0 unspecified atom stereocenters. The molecule has 4 aromatic rings. The number of hydrogen-bond acceptors (Lipinski definition) is 5. The molecule has 4 aromatic carbocycles. The largest absolute Gasteiger partial charge is 0.363 e. The molecule has 1 amide bonds. The van der Waals surface area contributed by atoms with Crippen molar-refractivity contribution in [2.75, 3.05) is 11.5 Å². The Morgan fingerprint density at radius 1 is 0.921 bits per heavy atom. The molecule has 0 spiro atoms. The number of nitriles is 1. The topological polar surface area (TPSA) is 90.7 Å². The molecular formula is C28H21Cl2N3O4S.